The Balaban J connectivity index is 2.53. The molecule has 12 heavy (non-hydrogen) atoms. The van der Waals surface area contributed by atoms with Crippen LogP contribution in [0, 0.1) is 6.33 Å². The van der Waals surface area contributed by atoms with Gasteiger partial charge in [-0.05, 0) is 12.8 Å². The summed E-state index contributed by atoms with van der Waals surface area (Å²) in [5.74, 6) is 1.01. The van der Waals surface area contributed by atoms with Crippen molar-refractivity contribution in [2.45, 2.75) is 26.7 Å². The number of hydrogen-bond acceptors (Lipinski definition) is 2. The van der Waals surface area contributed by atoms with Gasteiger partial charge in [-0.25, -0.2) is 4.98 Å². The Hall–Kier alpha value is -0.990. The van der Waals surface area contributed by atoms with Crippen LogP contribution in [0.1, 0.15) is 26.7 Å². The van der Waals surface area contributed by atoms with Crippen LogP contribution < -0.4 is 4.90 Å². The van der Waals surface area contributed by atoms with E-state index in [-0.39, 0.29) is 0 Å². The van der Waals surface area contributed by atoms with Gasteiger partial charge in [-0.2, -0.15) is 0 Å². The molecule has 3 heteroatoms. The van der Waals surface area contributed by atoms with E-state index in [2.05, 4.69) is 35.0 Å². The van der Waals surface area contributed by atoms with Crippen molar-refractivity contribution < 1.29 is 0 Å². The smallest absolute Gasteiger partial charge is 0.175 e. The van der Waals surface area contributed by atoms with Crippen molar-refractivity contribution in [3.8, 4) is 0 Å². The van der Waals surface area contributed by atoms with Crippen LogP contribution in [0.25, 0.3) is 0 Å². The third-order valence-corrected chi connectivity index (χ3v) is 1.75. The molecule has 0 aliphatic rings. The zero-order valence-corrected chi connectivity index (χ0v) is 7.80. The van der Waals surface area contributed by atoms with Crippen LogP contribution in [0.15, 0.2) is 6.20 Å². The van der Waals surface area contributed by atoms with Crippen molar-refractivity contribution >= 4 is 5.82 Å². The van der Waals surface area contributed by atoms with Crippen molar-refractivity contribution in [2.24, 2.45) is 0 Å². The Bertz CT molecular complexity index is 188. The van der Waals surface area contributed by atoms with Crippen LogP contribution in [0.3, 0.4) is 0 Å². The molecule has 1 radical (unpaired) electrons. The zero-order chi connectivity index (χ0) is 8.81. The number of aromatic amines is 1. The van der Waals surface area contributed by atoms with Crippen LogP contribution in [0.5, 0.6) is 0 Å². The average Bonchev–Trinajstić information content (AvgIpc) is 2.56. The van der Waals surface area contributed by atoms with Gasteiger partial charge in [0.2, 0.25) is 0 Å². The topological polar surface area (TPSA) is 31.9 Å². The minimum Gasteiger partial charge on any atom is -0.355 e. The summed E-state index contributed by atoms with van der Waals surface area (Å²) in [6, 6.07) is 0. The quantitative estimate of drug-likeness (QED) is 0.723. The fourth-order valence-corrected chi connectivity index (χ4v) is 1.26. The van der Waals surface area contributed by atoms with Crippen molar-refractivity contribution in [3.63, 3.8) is 0 Å². The highest BCUT2D eigenvalue weighted by molar-refractivity contribution is 5.34. The summed E-state index contributed by atoms with van der Waals surface area (Å²) < 4.78 is 0. The predicted octanol–water partition coefficient (Wildman–Crippen LogP) is 1.84. The summed E-state index contributed by atoms with van der Waals surface area (Å²) in [6.45, 7) is 6.51. The van der Waals surface area contributed by atoms with Crippen molar-refractivity contribution in [3.05, 3.63) is 12.5 Å². The Labute approximate surface area is 73.8 Å². The highest BCUT2D eigenvalue weighted by Gasteiger charge is 2.04. The third-order valence-electron chi connectivity index (χ3n) is 1.75. The van der Waals surface area contributed by atoms with E-state index in [0.29, 0.717) is 0 Å². The first-order chi connectivity index (χ1) is 5.88. The highest BCUT2D eigenvalue weighted by atomic mass is 15.2. The average molecular weight is 166 g/mol. The molecule has 0 bridgehead atoms. The van der Waals surface area contributed by atoms with E-state index in [4.69, 9.17) is 0 Å². The van der Waals surface area contributed by atoms with Crippen molar-refractivity contribution in [1.29, 1.82) is 0 Å². The van der Waals surface area contributed by atoms with Gasteiger partial charge in [-0.15, -0.1) is 0 Å². The maximum Gasteiger partial charge on any atom is 0.175 e. The minimum atomic E-state index is 1.01. The number of H-pyrrole nitrogens is 1. The lowest BCUT2D eigenvalue weighted by atomic mass is 10.3. The monoisotopic (exact) mass is 166 g/mol. The number of imidazole rings is 1. The Morgan fingerprint density at radius 3 is 2.50 bits per heavy atom. The van der Waals surface area contributed by atoms with Crippen LogP contribution in [-0.4, -0.2) is 23.1 Å². The molecule has 1 aromatic heterocycles. The zero-order valence-electron chi connectivity index (χ0n) is 7.80. The number of aromatic nitrogens is 2. The standard InChI is InChI=1S/C9H16N3/c1-3-5-12(6-4-2)9-7-10-8-11-9/h7H,3-6H2,1-2H3,(H,10,11). The van der Waals surface area contributed by atoms with Crippen molar-refractivity contribution in [1.82, 2.24) is 9.97 Å². The first kappa shape index (κ1) is 9.10. The summed E-state index contributed by atoms with van der Waals surface area (Å²) in [5.41, 5.74) is 0. The Morgan fingerprint density at radius 1 is 1.42 bits per heavy atom. The van der Waals surface area contributed by atoms with Gasteiger partial charge >= 0.3 is 0 Å². The van der Waals surface area contributed by atoms with E-state index >= 15 is 0 Å². The Morgan fingerprint density at radius 2 is 2.08 bits per heavy atom. The van der Waals surface area contributed by atoms with Gasteiger partial charge in [0.1, 0.15) is 5.82 Å². The second-order valence-electron chi connectivity index (χ2n) is 2.86. The summed E-state index contributed by atoms with van der Waals surface area (Å²) in [4.78, 5) is 9.22. The molecule has 0 fully saturated rings. The lowest BCUT2D eigenvalue weighted by Gasteiger charge is -2.20. The van der Waals surface area contributed by atoms with Gasteiger partial charge in [0.25, 0.3) is 0 Å². The molecule has 0 atom stereocenters. The molecule has 0 saturated heterocycles. The summed E-state index contributed by atoms with van der Waals surface area (Å²) in [6.07, 6.45) is 6.92. The van der Waals surface area contributed by atoms with E-state index in [1.54, 1.807) is 0 Å². The SMILES string of the molecule is CCCN(CCC)c1c[nH][c]n1. The molecule has 67 valence electrons. The molecule has 0 spiro atoms. The van der Waals surface area contributed by atoms with E-state index in [0.717, 1.165) is 31.7 Å². The fourth-order valence-electron chi connectivity index (χ4n) is 1.26. The molecule has 0 aliphatic heterocycles. The first-order valence-electron chi connectivity index (χ1n) is 4.54. The summed E-state index contributed by atoms with van der Waals surface area (Å²) in [5, 5.41) is 0. The molecular formula is C9H16N3. The van der Waals surface area contributed by atoms with Gasteiger partial charge in [-0.3, -0.25) is 0 Å². The van der Waals surface area contributed by atoms with Crippen LogP contribution >= 0.6 is 0 Å². The van der Waals surface area contributed by atoms with Gasteiger partial charge < -0.3 is 9.88 Å². The maximum absolute atomic E-state index is 4.10. The first-order valence-corrected chi connectivity index (χ1v) is 4.54. The van der Waals surface area contributed by atoms with E-state index in [1.165, 1.54) is 0 Å². The molecule has 1 aromatic rings. The molecule has 0 aromatic carbocycles. The molecule has 0 unspecified atom stereocenters. The third kappa shape index (κ3) is 2.26. The van der Waals surface area contributed by atoms with Crippen LogP contribution in [0.2, 0.25) is 0 Å². The van der Waals surface area contributed by atoms with Gasteiger partial charge in [-0.1, -0.05) is 13.8 Å². The Kier molecular flexibility index (Phi) is 3.64. The van der Waals surface area contributed by atoms with Gasteiger partial charge in [0.15, 0.2) is 6.33 Å². The molecule has 0 saturated carbocycles. The normalized spacial score (nSPS) is 10.2. The number of anilines is 1. The molecule has 0 amide bonds. The van der Waals surface area contributed by atoms with E-state index in [1.807, 2.05) is 6.20 Å². The largest absolute Gasteiger partial charge is 0.355 e. The number of nitrogens with one attached hydrogen (secondary N) is 1. The van der Waals surface area contributed by atoms with Gasteiger partial charge in [0, 0.05) is 19.3 Å². The number of rotatable bonds is 5. The molecule has 3 nitrogen and oxygen atoms in total. The molecule has 1 N–H and O–H groups in total. The van der Waals surface area contributed by atoms with Gasteiger partial charge in [0.05, 0.1) is 0 Å². The molecule has 1 rings (SSSR count). The summed E-state index contributed by atoms with van der Waals surface area (Å²) in [7, 11) is 0. The lowest BCUT2D eigenvalue weighted by molar-refractivity contribution is 0.736. The van der Waals surface area contributed by atoms with E-state index in [9.17, 15) is 0 Å². The maximum atomic E-state index is 4.10. The highest BCUT2D eigenvalue weighted by Crippen LogP contribution is 2.08. The fraction of sp³-hybridized carbons (Fsp3) is 0.667. The van der Waals surface area contributed by atoms with E-state index < -0.39 is 0 Å². The second kappa shape index (κ2) is 4.80. The number of nitrogens with zero attached hydrogens (tertiary/aromatic N) is 2. The number of hydrogen-bond donors (Lipinski definition) is 1. The summed E-state index contributed by atoms with van der Waals surface area (Å²) >= 11 is 0. The minimum absolute atomic E-state index is 1.01. The van der Waals surface area contributed by atoms with Crippen LogP contribution in [0.4, 0.5) is 5.82 Å². The molecule has 1 heterocycles. The lowest BCUT2D eigenvalue weighted by Crippen LogP contribution is -2.24. The predicted molar refractivity (Wildman–Crippen MR) is 50.2 cm³/mol. The second-order valence-corrected chi connectivity index (χ2v) is 2.86. The van der Waals surface area contributed by atoms with Crippen molar-refractivity contribution in [2.75, 3.05) is 18.0 Å². The van der Waals surface area contributed by atoms with Crippen LogP contribution in [-0.2, 0) is 0 Å². The molecular weight excluding hydrogens is 150 g/mol. The molecule has 0 aliphatic carbocycles.